The third-order valence-corrected chi connectivity index (χ3v) is 3.98. The first-order valence-electron chi connectivity index (χ1n) is 8.03. The minimum absolute atomic E-state index is 0.0825. The molecule has 5 nitrogen and oxygen atoms in total. The Labute approximate surface area is 149 Å². The van der Waals surface area contributed by atoms with Gasteiger partial charge >= 0.3 is 5.97 Å². The number of pyridine rings is 1. The third-order valence-electron chi connectivity index (χ3n) is 3.98. The van der Waals surface area contributed by atoms with Crippen LogP contribution in [0, 0.1) is 0 Å². The highest BCUT2D eigenvalue weighted by molar-refractivity contribution is 5.90. The van der Waals surface area contributed by atoms with E-state index in [1.165, 1.54) is 12.3 Å². The van der Waals surface area contributed by atoms with E-state index in [2.05, 4.69) is 9.97 Å². The van der Waals surface area contributed by atoms with Crippen LogP contribution in [-0.2, 0) is 0 Å². The van der Waals surface area contributed by atoms with Crippen molar-refractivity contribution in [1.82, 2.24) is 9.97 Å². The summed E-state index contributed by atoms with van der Waals surface area (Å²) < 4.78 is 5.91. The monoisotopic (exact) mass is 342 g/mol. The molecule has 0 radical (unpaired) electrons. The van der Waals surface area contributed by atoms with Gasteiger partial charge in [-0.05, 0) is 6.07 Å². The van der Waals surface area contributed by atoms with E-state index < -0.39 is 5.97 Å². The van der Waals surface area contributed by atoms with Crippen LogP contribution in [0.15, 0.2) is 83.5 Å². The van der Waals surface area contributed by atoms with Crippen LogP contribution in [-0.4, -0.2) is 21.0 Å². The molecule has 4 rings (SSSR count). The van der Waals surface area contributed by atoms with E-state index in [1.807, 2.05) is 60.7 Å². The van der Waals surface area contributed by atoms with E-state index in [0.717, 1.165) is 11.1 Å². The Balaban J connectivity index is 1.86. The van der Waals surface area contributed by atoms with Crippen molar-refractivity contribution in [2.75, 3.05) is 0 Å². The van der Waals surface area contributed by atoms with Gasteiger partial charge in [0.25, 0.3) is 0 Å². The molecule has 0 aliphatic carbocycles. The van der Waals surface area contributed by atoms with Crippen molar-refractivity contribution >= 4 is 5.97 Å². The Hall–Kier alpha value is -3.73. The molecule has 1 N–H and O–H groups in total. The lowest BCUT2D eigenvalue weighted by atomic mass is 10.0. The zero-order valence-corrected chi connectivity index (χ0v) is 13.7. The van der Waals surface area contributed by atoms with Gasteiger partial charge in [0.1, 0.15) is 0 Å². The molecule has 0 fully saturated rings. The number of carboxylic acid groups (broad SMARTS) is 1. The maximum atomic E-state index is 11.4. The maximum absolute atomic E-state index is 11.4. The summed E-state index contributed by atoms with van der Waals surface area (Å²) in [5, 5.41) is 9.31. The van der Waals surface area contributed by atoms with E-state index in [9.17, 15) is 9.90 Å². The topological polar surface area (TPSA) is 76.2 Å². The number of benzene rings is 2. The average Bonchev–Trinajstić information content (AvgIpc) is 3.19. The van der Waals surface area contributed by atoms with Gasteiger partial charge in [-0.3, -0.25) is 4.98 Å². The number of nitrogens with zero attached hydrogens (tertiary/aromatic N) is 2. The van der Waals surface area contributed by atoms with E-state index in [-0.39, 0.29) is 5.56 Å². The van der Waals surface area contributed by atoms with Crippen molar-refractivity contribution in [3.63, 3.8) is 0 Å². The Morgan fingerprint density at radius 1 is 0.846 bits per heavy atom. The normalized spacial score (nSPS) is 10.6. The van der Waals surface area contributed by atoms with E-state index in [4.69, 9.17) is 4.42 Å². The lowest BCUT2D eigenvalue weighted by Crippen LogP contribution is -2.00. The van der Waals surface area contributed by atoms with Gasteiger partial charge in [-0.2, -0.15) is 0 Å². The van der Waals surface area contributed by atoms with Gasteiger partial charge in [-0.15, -0.1) is 0 Å². The molecule has 0 amide bonds. The van der Waals surface area contributed by atoms with Gasteiger partial charge in [0.05, 0.1) is 23.0 Å². The van der Waals surface area contributed by atoms with Crippen LogP contribution in [0.5, 0.6) is 0 Å². The Kier molecular flexibility index (Phi) is 4.03. The lowest BCUT2D eigenvalue weighted by molar-refractivity contribution is 0.0696. The number of aromatic nitrogens is 2. The highest BCUT2D eigenvalue weighted by atomic mass is 16.4. The van der Waals surface area contributed by atoms with Crippen molar-refractivity contribution < 1.29 is 14.3 Å². The van der Waals surface area contributed by atoms with Gasteiger partial charge < -0.3 is 9.52 Å². The Morgan fingerprint density at radius 3 is 2.15 bits per heavy atom. The molecule has 126 valence electrons. The third kappa shape index (κ3) is 2.98. The molecule has 0 spiro atoms. The summed E-state index contributed by atoms with van der Waals surface area (Å²) in [6, 6.07) is 20.7. The molecule has 26 heavy (non-hydrogen) atoms. The van der Waals surface area contributed by atoms with Crippen LogP contribution >= 0.6 is 0 Å². The van der Waals surface area contributed by atoms with Crippen LogP contribution < -0.4 is 0 Å². The maximum Gasteiger partial charge on any atom is 0.337 e. The predicted octanol–water partition coefficient (Wildman–Crippen LogP) is 4.77. The second-order valence-electron chi connectivity index (χ2n) is 5.69. The fraction of sp³-hybridized carbons (Fsp3) is 0. The molecule has 2 aromatic carbocycles. The molecule has 0 atom stereocenters. The SMILES string of the molecule is O=C(O)c1cnc(-c2ccccc2)c(-c2ncc(-c3ccccc3)o2)c1. The van der Waals surface area contributed by atoms with E-state index >= 15 is 0 Å². The number of hydrogen-bond donors (Lipinski definition) is 1. The first-order valence-corrected chi connectivity index (χ1v) is 8.03. The number of carbonyl (C=O) groups is 1. The first kappa shape index (κ1) is 15.8. The molecule has 2 aromatic heterocycles. The first-order chi connectivity index (χ1) is 12.7. The van der Waals surface area contributed by atoms with Crippen LogP contribution in [0.1, 0.15) is 10.4 Å². The standard InChI is InChI=1S/C21H14N2O3/c24-21(25)16-11-17(19(22-12-16)15-9-5-2-6-10-15)20-23-13-18(26-20)14-7-3-1-4-8-14/h1-13H,(H,24,25). The lowest BCUT2D eigenvalue weighted by Gasteiger charge is -2.07. The zero-order valence-electron chi connectivity index (χ0n) is 13.7. The summed E-state index contributed by atoms with van der Waals surface area (Å²) in [5.74, 6) is -0.105. The van der Waals surface area contributed by atoms with Gasteiger partial charge in [0.15, 0.2) is 5.76 Å². The largest absolute Gasteiger partial charge is 0.478 e. The summed E-state index contributed by atoms with van der Waals surface area (Å²) in [4.78, 5) is 20.1. The minimum atomic E-state index is -1.05. The van der Waals surface area contributed by atoms with Crippen molar-refractivity contribution in [2.45, 2.75) is 0 Å². The number of hydrogen-bond acceptors (Lipinski definition) is 4. The van der Waals surface area contributed by atoms with Gasteiger partial charge in [0.2, 0.25) is 5.89 Å². The van der Waals surface area contributed by atoms with Crippen LogP contribution in [0.4, 0.5) is 0 Å². The molecule has 0 unspecified atom stereocenters. The number of rotatable bonds is 4. The fourth-order valence-corrected chi connectivity index (χ4v) is 2.71. The Bertz CT molecular complexity index is 1060. The molecule has 0 aliphatic heterocycles. The number of carboxylic acids is 1. The van der Waals surface area contributed by atoms with Crippen LogP contribution in [0.2, 0.25) is 0 Å². The summed E-state index contributed by atoms with van der Waals surface area (Å²) in [6.45, 7) is 0. The Morgan fingerprint density at radius 2 is 1.50 bits per heavy atom. The molecular formula is C21H14N2O3. The molecular weight excluding hydrogens is 328 g/mol. The smallest absolute Gasteiger partial charge is 0.337 e. The van der Waals surface area contributed by atoms with Crippen molar-refractivity contribution in [1.29, 1.82) is 0 Å². The molecule has 0 saturated carbocycles. The average molecular weight is 342 g/mol. The summed E-state index contributed by atoms with van der Waals surface area (Å²) >= 11 is 0. The highest BCUT2D eigenvalue weighted by Gasteiger charge is 2.17. The zero-order chi connectivity index (χ0) is 17.9. The number of aromatic carboxylic acids is 1. The van der Waals surface area contributed by atoms with Gasteiger partial charge in [-0.1, -0.05) is 60.7 Å². The predicted molar refractivity (Wildman–Crippen MR) is 97.6 cm³/mol. The van der Waals surface area contributed by atoms with E-state index in [1.54, 1.807) is 6.20 Å². The second-order valence-corrected chi connectivity index (χ2v) is 5.69. The minimum Gasteiger partial charge on any atom is -0.478 e. The quantitative estimate of drug-likeness (QED) is 0.578. The summed E-state index contributed by atoms with van der Waals surface area (Å²) in [6.07, 6.45) is 2.97. The molecule has 0 saturated heterocycles. The van der Waals surface area contributed by atoms with E-state index in [0.29, 0.717) is 22.9 Å². The van der Waals surface area contributed by atoms with Crippen molar-refractivity contribution in [2.24, 2.45) is 0 Å². The number of oxazole rings is 1. The summed E-state index contributed by atoms with van der Waals surface area (Å²) in [7, 11) is 0. The van der Waals surface area contributed by atoms with Crippen LogP contribution in [0.25, 0.3) is 34.0 Å². The molecule has 5 heteroatoms. The van der Waals surface area contributed by atoms with Crippen molar-refractivity contribution in [3.8, 4) is 34.0 Å². The highest BCUT2D eigenvalue weighted by Crippen LogP contribution is 2.33. The fourth-order valence-electron chi connectivity index (χ4n) is 2.71. The molecule has 0 aliphatic rings. The second kappa shape index (κ2) is 6.64. The van der Waals surface area contributed by atoms with Gasteiger partial charge in [-0.25, -0.2) is 9.78 Å². The molecule has 2 heterocycles. The van der Waals surface area contributed by atoms with Crippen molar-refractivity contribution in [3.05, 3.63) is 84.7 Å². The molecule has 4 aromatic rings. The molecule has 0 bridgehead atoms. The van der Waals surface area contributed by atoms with Crippen LogP contribution in [0.3, 0.4) is 0 Å². The summed E-state index contributed by atoms with van der Waals surface area (Å²) in [5.41, 5.74) is 3.00. The van der Waals surface area contributed by atoms with Gasteiger partial charge in [0, 0.05) is 17.3 Å².